The number of carbonyl (C=O) groups is 3. The zero-order valence-electron chi connectivity index (χ0n) is 16.8. The molecule has 2 N–H and O–H groups in total. The molecule has 0 bridgehead atoms. The van der Waals surface area contributed by atoms with Gasteiger partial charge in [0.25, 0.3) is 5.91 Å². The Hall–Kier alpha value is -3.61. The summed E-state index contributed by atoms with van der Waals surface area (Å²) in [5, 5.41) is 20.2. The minimum atomic E-state index is -1.89. The Morgan fingerprint density at radius 2 is 1.67 bits per heavy atom. The lowest BCUT2D eigenvalue weighted by Gasteiger charge is -2.29. The van der Waals surface area contributed by atoms with Gasteiger partial charge in [0.15, 0.2) is 5.41 Å². The molecule has 30 heavy (non-hydrogen) atoms. The molecule has 0 radical (unpaired) electrons. The first-order chi connectivity index (χ1) is 14.3. The van der Waals surface area contributed by atoms with Crippen molar-refractivity contribution in [1.29, 1.82) is 0 Å². The summed E-state index contributed by atoms with van der Waals surface area (Å²) in [5.74, 6) is -2.91. The van der Waals surface area contributed by atoms with Crippen molar-refractivity contribution in [3.05, 3.63) is 65.4 Å². The zero-order chi connectivity index (χ0) is 21.6. The number of benzene rings is 2. The van der Waals surface area contributed by atoms with Gasteiger partial charge in [0.05, 0.1) is 5.52 Å². The summed E-state index contributed by atoms with van der Waals surface area (Å²) in [6, 6.07) is 14.5. The number of fused-ring (bicyclic) bond motifs is 3. The summed E-state index contributed by atoms with van der Waals surface area (Å²) in [7, 11) is 3.77. The molecule has 0 fully saturated rings. The fraction of sp³-hybridized carbons (Fsp3) is 0.261. The molecule has 1 aromatic heterocycles. The normalized spacial score (nSPS) is 14.9. The van der Waals surface area contributed by atoms with Gasteiger partial charge in [-0.2, -0.15) is 0 Å². The second-order valence-corrected chi connectivity index (χ2v) is 7.90. The molecule has 0 atom stereocenters. The Morgan fingerprint density at radius 3 is 2.27 bits per heavy atom. The van der Waals surface area contributed by atoms with Crippen LogP contribution in [-0.4, -0.2) is 46.7 Å². The molecule has 154 valence electrons. The minimum Gasteiger partial charge on any atom is -0.480 e. The maximum Gasteiger partial charge on any atom is 0.321 e. The van der Waals surface area contributed by atoms with E-state index in [0.29, 0.717) is 27.7 Å². The molecule has 7 nitrogen and oxygen atoms in total. The molecule has 7 heteroatoms. The molecule has 0 unspecified atom stereocenters. The van der Waals surface area contributed by atoms with E-state index in [9.17, 15) is 24.6 Å². The number of aliphatic carboxylic acids is 2. The maximum atomic E-state index is 13.4. The van der Waals surface area contributed by atoms with Crippen LogP contribution in [-0.2, 0) is 22.4 Å². The molecule has 0 aliphatic heterocycles. The van der Waals surface area contributed by atoms with Gasteiger partial charge >= 0.3 is 11.9 Å². The first-order valence-electron chi connectivity index (χ1n) is 9.66. The molecule has 0 saturated heterocycles. The van der Waals surface area contributed by atoms with Crippen LogP contribution in [0.2, 0.25) is 0 Å². The lowest BCUT2D eigenvalue weighted by molar-refractivity contribution is -0.165. The Kier molecular flexibility index (Phi) is 4.61. The third-order valence-corrected chi connectivity index (χ3v) is 5.99. The molecule has 1 heterocycles. The van der Waals surface area contributed by atoms with E-state index in [1.807, 2.05) is 43.3 Å². The van der Waals surface area contributed by atoms with Gasteiger partial charge in [0.2, 0.25) is 0 Å². The Morgan fingerprint density at radius 1 is 1.00 bits per heavy atom. The lowest BCUT2D eigenvalue weighted by Crippen LogP contribution is -2.44. The summed E-state index contributed by atoms with van der Waals surface area (Å²) in [6.07, 6.45) is -0.0302. The predicted octanol–water partition coefficient (Wildman–Crippen LogP) is 3.04. The summed E-state index contributed by atoms with van der Waals surface area (Å²) < 4.78 is 1.62. The highest BCUT2D eigenvalue weighted by molar-refractivity contribution is 6.06. The number of rotatable bonds is 4. The Balaban J connectivity index is 1.98. The highest BCUT2D eigenvalue weighted by Gasteiger charge is 2.50. The Bertz CT molecular complexity index is 1160. The number of anilines is 1. The third-order valence-electron chi connectivity index (χ3n) is 5.99. The number of carboxylic acids is 2. The van der Waals surface area contributed by atoms with Crippen LogP contribution < -0.4 is 4.90 Å². The van der Waals surface area contributed by atoms with E-state index in [1.165, 1.54) is 0 Å². The van der Waals surface area contributed by atoms with Crippen LogP contribution in [0.3, 0.4) is 0 Å². The van der Waals surface area contributed by atoms with E-state index in [-0.39, 0.29) is 25.2 Å². The SMILES string of the molecule is CN(C)c1ccc2c(c1)c1c(n2C(=O)c2ccccc2)CCC(C(=O)O)(C(=O)O)C1. The molecule has 3 aromatic rings. The predicted molar refractivity (Wildman–Crippen MR) is 112 cm³/mol. The van der Waals surface area contributed by atoms with Gasteiger partial charge in [-0.25, -0.2) is 0 Å². The topological polar surface area (TPSA) is 99.8 Å². The van der Waals surface area contributed by atoms with E-state index < -0.39 is 17.4 Å². The highest BCUT2D eigenvalue weighted by atomic mass is 16.4. The van der Waals surface area contributed by atoms with Crippen LogP contribution >= 0.6 is 0 Å². The van der Waals surface area contributed by atoms with Crippen molar-refractivity contribution in [2.45, 2.75) is 19.3 Å². The van der Waals surface area contributed by atoms with Crippen molar-refractivity contribution >= 4 is 34.4 Å². The van der Waals surface area contributed by atoms with E-state index >= 15 is 0 Å². The highest BCUT2D eigenvalue weighted by Crippen LogP contribution is 2.42. The lowest BCUT2D eigenvalue weighted by atomic mass is 9.72. The van der Waals surface area contributed by atoms with Crippen LogP contribution in [0, 0.1) is 5.41 Å². The second-order valence-electron chi connectivity index (χ2n) is 7.90. The van der Waals surface area contributed by atoms with E-state index in [2.05, 4.69) is 0 Å². The summed E-state index contributed by atoms with van der Waals surface area (Å²) in [6.45, 7) is 0. The average Bonchev–Trinajstić information content (AvgIpc) is 3.06. The average molecular weight is 406 g/mol. The van der Waals surface area contributed by atoms with Gasteiger partial charge in [0, 0.05) is 42.8 Å². The van der Waals surface area contributed by atoms with Crippen molar-refractivity contribution < 1.29 is 24.6 Å². The van der Waals surface area contributed by atoms with Crippen molar-refractivity contribution in [3.8, 4) is 0 Å². The first kappa shape index (κ1) is 19.7. The number of hydrogen-bond acceptors (Lipinski definition) is 4. The van der Waals surface area contributed by atoms with Crippen molar-refractivity contribution in [2.24, 2.45) is 5.41 Å². The molecule has 0 saturated carbocycles. The zero-order valence-corrected chi connectivity index (χ0v) is 16.8. The van der Waals surface area contributed by atoms with Crippen molar-refractivity contribution in [3.63, 3.8) is 0 Å². The fourth-order valence-electron chi connectivity index (χ4n) is 4.25. The molecular formula is C23H22N2O5. The van der Waals surface area contributed by atoms with Crippen molar-refractivity contribution in [2.75, 3.05) is 19.0 Å². The maximum absolute atomic E-state index is 13.4. The van der Waals surface area contributed by atoms with Gasteiger partial charge in [-0.3, -0.25) is 19.0 Å². The van der Waals surface area contributed by atoms with E-state index in [0.717, 1.165) is 5.69 Å². The van der Waals surface area contributed by atoms with Gasteiger partial charge < -0.3 is 15.1 Å². The monoisotopic (exact) mass is 406 g/mol. The number of hydrogen-bond donors (Lipinski definition) is 2. The third kappa shape index (κ3) is 2.85. The van der Waals surface area contributed by atoms with Gasteiger partial charge in [0.1, 0.15) is 0 Å². The molecule has 1 aliphatic rings. The van der Waals surface area contributed by atoms with E-state index in [1.54, 1.807) is 28.8 Å². The fourth-order valence-corrected chi connectivity index (χ4v) is 4.25. The van der Waals surface area contributed by atoms with Crippen LogP contribution in [0.4, 0.5) is 5.69 Å². The number of aromatic nitrogens is 1. The minimum absolute atomic E-state index is 0.0659. The molecule has 0 amide bonds. The van der Waals surface area contributed by atoms with Gasteiger partial charge in [-0.1, -0.05) is 18.2 Å². The summed E-state index contributed by atoms with van der Waals surface area (Å²) in [4.78, 5) is 39.1. The van der Waals surface area contributed by atoms with E-state index in [4.69, 9.17) is 0 Å². The van der Waals surface area contributed by atoms with Crippen LogP contribution in [0.5, 0.6) is 0 Å². The first-order valence-corrected chi connectivity index (χ1v) is 9.66. The smallest absolute Gasteiger partial charge is 0.321 e. The van der Waals surface area contributed by atoms with Gasteiger partial charge in [-0.15, -0.1) is 0 Å². The number of carboxylic acid groups (broad SMARTS) is 2. The second kappa shape index (κ2) is 7.02. The van der Waals surface area contributed by atoms with Crippen molar-refractivity contribution in [1.82, 2.24) is 4.57 Å². The Labute approximate surface area is 173 Å². The summed E-state index contributed by atoms with van der Waals surface area (Å²) >= 11 is 0. The largest absolute Gasteiger partial charge is 0.480 e. The molecule has 2 aromatic carbocycles. The molecule has 4 rings (SSSR count). The van der Waals surface area contributed by atoms with Crippen LogP contribution in [0.25, 0.3) is 10.9 Å². The molecule has 0 spiro atoms. The summed E-state index contributed by atoms with van der Waals surface area (Å²) in [5.41, 5.74) is 1.47. The molecular weight excluding hydrogens is 384 g/mol. The van der Waals surface area contributed by atoms with Crippen LogP contribution in [0.15, 0.2) is 48.5 Å². The van der Waals surface area contributed by atoms with Crippen LogP contribution in [0.1, 0.15) is 28.0 Å². The number of carbonyl (C=O) groups excluding carboxylic acids is 1. The quantitative estimate of drug-likeness (QED) is 0.646. The molecule has 1 aliphatic carbocycles. The number of nitrogens with zero attached hydrogens (tertiary/aromatic N) is 2. The van der Waals surface area contributed by atoms with Gasteiger partial charge in [-0.05, 0) is 48.7 Å². The standard InChI is InChI=1S/C23H22N2O5/c1-24(2)15-8-9-18-16(12-15)17-13-23(21(27)28,22(29)30)11-10-19(17)25(18)20(26)14-6-4-3-5-7-14/h3-9,12H,10-11,13H2,1-2H3,(H,27,28)(H,29,30).